The fourth-order valence-electron chi connectivity index (χ4n) is 1.83. The monoisotopic (exact) mass is 184 g/mol. The van der Waals surface area contributed by atoms with Crippen LogP contribution in [-0.4, -0.2) is 48.2 Å². The van der Waals surface area contributed by atoms with Crippen LogP contribution in [0.2, 0.25) is 0 Å². The van der Waals surface area contributed by atoms with Crippen molar-refractivity contribution in [2.24, 2.45) is 5.92 Å². The quantitative estimate of drug-likeness (QED) is 0.590. The van der Waals surface area contributed by atoms with Crippen LogP contribution >= 0.6 is 0 Å². The van der Waals surface area contributed by atoms with Gasteiger partial charge in [0.1, 0.15) is 0 Å². The van der Waals surface area contributed by atoms with Crippen LogP contribution in [0.5, 0.6) is 0 Å². The minimum atomic E-state index is -0.396. The minimum Gasteiger partial charge on any atom is -0.390 e. The third-order valence-corrected chi connectivity index (χ3v) is 2.92. The normalized spacial score (nSPS) is 33.4. The lowest BCUT2D eigenvalue weighted by Crippen LogP contribution is -2.44. The van der Waals surface area contributed by atoms with Gasteiger partial charge in [-0.3, -0.25) is 4.79 Å². The van der Waals surface area contributed by atoms with Crippen LogP contribution in [-0.2, 0) is 4.79 Å². The molecule has 2 aliphatic rings. The highest BCUT2D eigenvalue weighted by Crippen LogP contribution is 2.31. The van der Waals surface area contributed by atoms with Crippen molar-refractivity contribution >= 4 is 5.91 Å². The van der Waals surface area contributed by atoms with Crippen molar-refractivity contribution in [1.29, 1.82) is 0 Å². The predicted molar refractivity (Wildman–Crippen MR) is 48.2 cm³/mol. The third kappa shape index (κ3) is 1.69. The zero-order valence-corrected chi connectivity index (χ0v) is 7.86. The second-order valence-corrected chi connectivity index (χ2v) is 4.02. The minimum absolute atomic E-state index is 0.0203. The zero-order chi connectivity index (χ0) is 9.42. The van der Waals surface area contributed by atoms with Gasteiger partial charge in [-0.2, -0.15) is 0 Å². The van der Waals surface area contributed by atoms with Gasteiger partial charge in [0.15, 0.2) is 0 Å². The van der Waals surface area contributed by atoms with Gasteiger partial charge < -0.3 is 15.3 Å². The van der Waals surface area contributed by atoms with Gasteiger partial charge in [0.2, 0.25) is 5.91 Å². The molecule has 0 aromatic rings. The molecule has 13 heavy (non-hydrogen) atoms. The van der Waals surface area contributed by atoms with Gasteiger partial charge in [-0.05, 0) is 12.8 Å². The van der Waals surface area contributed by atoms with Crippen molar-refractivity contribution < 1.29 is 9.90 Å². The van der Waals surface area contributed by atoms with Gasteiger partial charge in [-0.25, -0.2) is 0 Å². The van der Waals surface area contributed by atoms with Gasteiger partial charge in [-0.1, -0.05) is 0 Å². The Labute approximate surface area is 77.9 Å². The van der Waals surface area contributed by atoms with Crippen molar-refractivity contribution in [3.05, 3.63) is 0 Å². The van der Waals surface area contributed by atoms with Crippen molar-refractivity contribution in [2.45, 2.75) is 25.0 Å². The van der Waals surface area contributed by atoms with Crippen LogP contribution < -0.4 is 5.32 Å². The average Bonchev–Trinajstić information content (AvgIpc) is 2.87. The van der Waals surface area contributed by atoms with E-state index in [0.29, 0.717) is 6.54 Å². The van der Waals surface area contributed by atoms with E-state index in [2.05, 4.69) is 5.32 Å². The molecule has 0 radical (unpaired) electrons. The topological polar surface area (TPSA) is 52.6 Å². The Balaban J connectivity index is 1.94. The molecule has 0 aromatic carbocycles. The van der Waals surface area contributed by atoms with Gasteiger partial charge in [0.05, 0.1) is 12.1 Å². The summed E-state index contributed by atoms with van der Waals surface area (Å²) in [5.41, 5.74) is 0. The summed E-state index contributed by atoms with van der Waals surface area (Å²) in [4.78, 5) is 13.3. The highest BCUT2D eigenvalue weighted by atomic mass is 16.3. The zero-order valence-electron chi connectivity index (χ0n) is 7.86. The number of carbonyl (C=O) groups excluding carboxylic acids is 1. The molecule has 1 aliphatic heterocycles. The van der Waals surface area contributed by atoms with E-state index < -0.39 is 6.10 Å². The standard InChI is InChI=1S/C9H16N2O2/c1-11(9(13)6-2-3-6)7-4-10-5-8(7)12/h6-8,10,12H,2-5H2,1H3/t7-,8-/m1/s1. The van der Waals surface area contributed by atoms with Crippen molar-refractivity contribution in [3.8, 4) is 0 Å². The van der Waals surface area contributed by atoms with Gasteiger partial charge in [-0.15, -0.1) is 0 Å². The van der Waals surface area contributed by atoms with E-state index in [-0.39, 0.29) is 17.9 Å². The van der Waals surface area contributed by atoms with E-state index in [1.54, 1.807) is 11.9 Å². The molecule has 1 amide bonds. The SMILES string of the molecule is CN(C(=O)C1CC1)[C@@H]1CNC[C@H]1O. The van der Waals surface area contributed by atoms with E-state index in [0.717, 1.165) is 19.4 Å². The molecule has 2 rings (SSSR count). The maximum absolute atomic E-state index is 11.6. The van der Waals surface area contributed by atoms with Crippen molar-refractivity contribution in [1.82, 2.24) is 10.2 Å². The summed E-state index contributed by atoms with van der Waals surface area (Å²) in [7, 11) is 1.79. The van der Waals surface area contributed by atoms with Crippen molar-refractivity contribution in [2.75, 3.05) is 20.1 Å². The molecular weight excluding hydrogens is 168 g/mol. The van der Waals surface area contributed by atoms with E-state index in [9.17, 15) is 9.90 Å². The van der Waals surface area contributed by atoms with Crippen LogP contribution in [0.1, 0.15) is 12.8 Å². The van der Waals surface area contributed by atoms with Crippen LogP contribution in [0.15, 0.2) is 0 Å². The number of β-amino-alcohol motifs (C(OH)–C–C–N with tert-alkyl or cyclic N) is 1. The van der Waals surface area contributed by atoms with E-state index in [1.807, 2.05) is 0 Å². The number of rotatable bonds is 2. The summed E-state index contributed by atoms with van der Waals surface area (Å²) < 4.78 is 0. The largest absolute Gasteiger partial charge is 0.390 e. The molecule has 0 spiro atoms. The van der Waals surface area contributed by atoms with Gasteiger partial charge >= 0.3 is 0 Å². The molecule has 2 atom stereocenters. The maximum Gasteiger partial charge on any atom is 0.225 e. The van der Waals surface area contributed by atoms with Gasteiger partial charge in [0.25, 0.3) is 0 Å². The fraction of sp³-hybridized carbons (Fsp3) is 0.889. The first kappa shape index (κ1) is 8.97. The smallest absolute Gasteiger partial charge is 0.225 e. The third-order valence-electron chi connectivity index (χ3n) is 2.92. The first-order valence-electron chi connectivity index (χ1n) is 4.85. The second kappa shape index (κ2) is 3.27. The number of amides is 1. The summed E-state index contributed by atoms with van der Waals surface area (Å²) in [5, 5.41) is 12.6. The lowest BCUT2D eigenvalue weighted by atomic mass is 10.2. The number of hydrogen-bond acceptors (Lipinski definition) is 3. The molecular formula is C9H16N2O2. The summed E-state index contributed by atoms with van der Waals surface area (Å²) in [5.74, 6) is 0.450. The molecule has 2 N–H and O–H groups in total. The number of carbonyl (C=O) groups is 1. The Morgan fingerprint density at radius 1 is 1.46 bits per heavy atom. The molecule has 0 bridgehead atoms. The molecule has 1 heterocycles. The molecule has 74 valence electrons. The molecule has 1 aliphatic carbocycles. The van der Waals surface area contributed by atoms with Crippen LogP contribution in [0.3, 0.4) is 0 Å². The number of aliphatic hydroxyl groups excluding tert-OH is 1. The maximum atomic E-state index is 11.6. The van der Waals surface area contributed by atoms with E-state index in [1.165, 1.54) is 0 Å². The molecule has 4 nitrogen and oxygen atoms in total. The fourth-order valence-corrected chi connectivity index (χ4v) is 1.83. The predicted octanol–water partition coefficient (Wildman–Crippen LogP) is -0.812. The molecule has 1 saturated carbocycles. The molecule has 4 heteroatoms. The number of nitrogens with zero attached hydrogens (tertiary/aromatic N) is 1. The summed E-state index contributed by atoms with van der Waals surface area (Å²) >= 11 is 0. The van der Waals surface area contributed by atoms with Gasteiger partial charge in [0, 0.05) is 26.1 Å². The Hall–Kier alpha value is -0.610. The first-order chi connectivity index (χ1) is 6.20. The molecule has 0 aromatic heterocycles. The van der Waals surface area contributed by atoms with E-state index in [4.69, 9.17) is 0 Å². The highest BCUT2D eigenvalue weighted by molar-refractivity contribution is 5.81. The Morgan fingerprint density at radius 2 is 2.15 bits per heavy atom. The average molecular weight is 184 g/mol. The number of likely N-dealkylation sites (N-methyl/N-ethyl adjacent to an activating group) is 1. The lowest BCUT2D eigenvalue weighted by molar-refractivity contribution is -0.134. The van der Waals surface area contributed by atoms with E-state index >= 15 is 0 Å². The number of hydrogen-bond donors (Lipinski definition) is 2. The van der Waals surface area contributed by atoms with Crippen LogP contribution in [0, 0.1) is 5.92 Å². The Morgan fingerprint density at radius 3 is 2.62 bits per heavy atom. The highest BCUT2D eigenvalue weighted by Gasteiger charge is 2.38. The van der Waals surface area contributed by atoms with Crippen LogP contribution in [0.4, 0.5) is 0 Å². The number of nitrogens with one attached hydrogen (secondary N) is 1. The van der Waals surface area contributed by atoms with Crippen LogP contribution in [0.25, 0.3) is 0 Å². The Kier molecular flexibility index (Phi) is 2.26. The first-order valence-corrected chi connectivity index (χ1v) is 4.85. The summed E-state index contributed by atoms with van der Waals surface area (Å²) in [6.45, 7) is 1.32. The molecule has 0 unspecified atom stereocenters. The second-order valence-electron chi connectivity index (χ2n) is 4.02. The lowest BCUT2D eigenvalue weighted by Gasteiger charge is -2.26. The Bertz CT molecular complexity index is 216. The number of aliphatic hydroxyl groups is 1. The summed E-state index contributed by atoms with van der Waals surface area (Å²) in [6, 6.07) is -0.0203. The van der Waals surface area contributed by atoms with Crippen molar-refractivity contribution in [3.63, 3.8) is 0 Å². The molecule has 2 fully saturated rings. The summed E-state index contributed by atoms with van der Waals surface area (Å²) in [6.07, 6.45) is 1.66. The molecule has 1 saturated heterocycles.